The van der Waals surface area contributed by atoms with E-state index in [1.54, 1.807) is 0 Å². The zero-order valence-electron chi connectivity index (χ0n) is 11.2. The monoisotopic (exact) mass is 233 g/mol. The Morgan fingerprint density at radius 1 is 1.41 bits per heavy atom. The van der Waals surface area contributed by atoms with Crippen LogP contribution in [0, 0.1) is 19.8 Å². The minimum atomic E-state index is 0.613. The second-order valence-electron chi connectivity index (χ2n) is 5.41. The molecule has 2 nitrogen and oxygen atoms in total. The Labute approximate surface area is 104 Å². The molecule has 2 atom stereocenters. The van der Waals surface area contributed by atoms with Crippen molar-refractivity contribution >= 4 is 6.29 Å². The van der Waals surface area contributed by atoms with Crippen LogP contribution in [0.1, 0.15) is 66.8 Å². The van der Waals surface area contributed by atoms with Crippen molar-refractivity contribution in [3.8, 4) is 0 Å². The summed E-state index contributed by atoms with van der Waals surface area (Å²) in [6.07, 6.45) is 7.54. The van der Waals surface area contributed by atoms with Gasteiger partial charge in [-0.1, -0.05) is 26.2 Å². The number of aldehydes is 1. The summed E-state index contributed by atoms with van der Waals surface area (Å²) in [5.41, 5.74) is 3.26. The molecular formula is C15H23NO. The summed E-state index contributed by atoms with van der Waals surface area (Å²) in [6, 6.07) is 2.64. The minimum absolute atomic E-state index is 0.613. The molecule has 1 aliphatic carbocycles. The fraction of sp³-hybridized carbons (Fsp3) is 0.667. The summed E-state index contributed by atoms with van der Waals surface area (Å²) >= 11 is 0. The Balaban J connectivity index is 2.27. The number of carbonyl (C=O) groups excluding carboxylic acids is 1. The molecule has 1 aromatic rings. The zero-order valence-corrected chi connectivity index (χ0v) is 11.2. The third-order valence-corrected chi connectivity index (χ3v) is 4.35. The van der Waals surface area contributed by atoms with Crippen LogP contribution in [-0.2, 0) is 0 Å². The summed E-state index contributed by atoms with van der Waals surface area (Å²) in [4.78, 5) is 11.0. The predicted molar refractivity (Wildman–Crippen MR) is 70.6 cm³/mol. The highest BCUT2D eigenvalue weighted by Crippen LogP contribution is 2.36. The SMILES string of the molecule is CCC1CCCC(n2c(C)cc(C=O)c2C)C1. The van der Waals surface area contributed by atoms with E-state index in [0.717, 1.165) is 23.5 Å². The second-order valence-corrected chi connectivity index (χ2v) is 5.41. The number of nitrogens with zero attached hydrogens (tertiary/aromatic N) is 1. The van der Waals surface area contributed by atoms with E-state index in [4.69, 9.17) is 0 Å². The molecule has 2 unspecified atom stereocenters. The fourth-order valence-corrected chi connectivity index (χ4v) is 3.35. The Morgan fingerprint density at radius 3 is 2.76 bits per heavy atom. The number of aromatic nitrogens is 1. The fourth-order valence-electron chi connectivity index (χ4n) is 3.35. The topological polar surface area (TPSA) is 22.0 Å². The van der Waals surface area contributed by atoms with E-state index in [2.05, 4.69) is 25.3 Å². The van der Waals surface area contributed by atoms with Gasteiger partial charge in [0.2, 0.25) is 0 Å². The van der Waals surface area contributed by atoms with Gasteiger partial charge < -0.3 is 4.57 Å². The highest BCUT2D eigenvalue weighted by Gasteiger charge is 2.24. The van der Waals surface area contributed by atoms with Crippen LogP contribution in [0.15, 0.2) is 6.07 Å². The van der Waals surface area contributed by atoms with Crippen molar-refractivity contribution in [2.45, 2.75) is 58.9 Å². The Bertz CT molecular complexity index is 405. The van der Waals surface area contributed by atoms with Crippen molar-refractivity contribution in [2.75, 3.05) is 0 Å². The summed E-state index contributed by atoms with van der Waals surface area (Å²) in [5.74, 6) is 0.870. The van der Waals surface area contributed by atoms with Crippen molar-refractivity contribution in [2.24, 2.45) is 5.92 Å². The van der Waals surface area contributed by atoms with E-state index in [9.17, 15) is 4.79 Å². The molecule has 0 spiro atoms. The van der Waals surface area contributed by atoms with E-state index in [-0.39, 0.29) is 0 Å². The van der Waals surface area contributed by atoms with Crippen LogP contribution in [0.2, 0.25) is 0 Å². The van der Waals surface area contributed by atoms with Gasteiger partial charge in [0.05, 0.1) is 0 Å². The molecule has 0 saturated heterocycles. The zero-order chi connectivity index (χ0) is 12.4. The maximum Gasteiger partial charge on any atom is 0.151 e. The maximum absolute atomic E-state index is 11.0. The van der Waals surface area contributed by atoms with Crippen LogP contribution < -0.4 is 0 Å². The van der Waals surface area contributed by atoms with Gasteiger partial charge in [0.1, 0.15) is 0 Å². The van der Waals surface area contributed by atoms with Gasteiger partial charge in [-0.2, -0.15) is 0 Å². The molecule has 0 aromatic carbocycles. The van der Waals surface area contributed by atoms with E-state index in [1.807, 2.05) is 6.07 Å². The van der Waals surface area contributed by atoms with E-state index < -0.39 is 0 Å². The first-order valence-electron chi connectivity index (χ1n) is 6.81. The first kappa shape index (κ1) is 12.4. The van der Waals surface area contributed by atoms with E-state index in [0.29, 0.717) is 6.04 Å². The van der Waals surface area contributed by atoms with Crippen LogP contribution in [0.25, 0.3) is 0 Å². The van der Waals surface area contributed by atoms with Gasteiger partial charge >= 0.3 is 0 Å². The van der Waals surface area contributed by atoms with Crippen LogP contribution in [0.5, 0.6) is 0 Å². The number of rotatable bonds is 3. The highest BCUT2D eigenvalue weighted by atomic mass is 16.1. The summed E-state index contributed by atoms with van der Waals surface area (Å²) in [5, 5.41) is 0. The van der Waals surface area contributed by atoms with Crippen molar-refractivity contribution in [1.82, 2.24) is 4.57 Å². The lowest BCUT2D eigenvalue weighted by Gasteiger charge is -2.31. The third-order valence-electron chi connectivity index (χ3n) is 4.35. The lowest BCUT2D eigenvalue weighted by Crippen LogP contribution is -2.20. The molecule has 1 aromatic heterocycles. The molecule has 2 heteroatoms. The van der Waals surface area contributed by atoms with Crippen LogP contribution in [0.3, 0.4) is 0 Å². The van der Waals surface area contributed by atoms with Gasteiger partial charge in [0.15, 0.2) is 6.29 Å². The molecule has 1 fully saturated rings. The summed E-state index contributed by atoms with van der Waals surface area (Å²) < 4.78 is 2.39. The molecule has 0 radical (unpaired) electrons. The third kappa shape index (κ3) is 2.31. The van der Waals surface area contributed by atoms with E-state index >= 15 is 0 Å². The Morgan fingerprint density at radius 2 is 2.18 bits per heavy atom. The first-order valence-corrected chi connectivity index (χ1v) is 6.81. The molecule has 0 amide bonds. The molecule has 0 bridgehead atoms. The standard InChI is InChI=1S/C15H23NO/c1-4-13-6-5-7-15(9-13)16-11(2)8-14(10-17)12(16)3/h8,10,13,15H,4-7,9H2,1-3H3. The number of hydrogen-bond donors (Lipinski definition) is 0. The molecule has 17 heavy (non-hydrogen) atoms. The average molecular weight is 233 g/mol. The van der Waals surface area contributed by atoms with Gasteiger partial charge in [-0.3, -0.25) is 4.79 Å². The maximum atomic E-state index is 11.0. The molecule has 94 valence electrons. The number of carbonyl (C=O) groups is 1. The molecule has 1 saturated carbocycles. The highest BCUT2D eigenvalue weighted by molar-refractivity contribution is 5.77. The smallest absolute Gasteiger partial charge is 0.151 e. The second kappa shape index (κ2) is 5.07. The minimum Gasteiger partial charge on any atom is -0.345 e. The Hall–Kier alpha value is -1.05. The number of aryl methyl sites for hydroxylation is 1. The number of hydrogen-bond acceptors (Lipinski definition) is 1. The van der Waals surface area contributed by atoms with Gasteiger partial charge in [-0.25, -0.2) is 0 Å². The summed E-state index contributed by atoms with van der Waals surface area (Å²) in [7, 11) is 0. The van der Waals surface area contributed by atoms with Crippen molar-refractivity contribution in [1.29, 1.82) is 0 Å². The van der Waals surface area contributed by atoms with Crippen molar-refractivity contribution in [3.63, 3.8) is 0 Å². The van der Waals surface area contributed by atoms with Crippen molar-refractivity contribution in [3.05, 3.63) is 23.0 Å². The molecule has 0 aliphatic heterocycles. The molecular weight excluding hydrogens is 210 g/mol. The van der Waals surface area contributed by atoms with Crippen LogP contribution in [-0.4, -0.2) is 10.9 Å². The normalized spacial score (nSPS) is 24.9. The molecule has 1 heterocycles. The van der Waals surface area contributed by atoms with Gasteiger partial charge in [-0.15, -0.1) is 0 Å². The quantitative estimate of drug-likeness (QED) is 0.722. The van der Waals surface area contributed by atoms with Crippen molar-refractivity contribution < 1.29 is 4.79 Å². The van der Waals surface area contributed by atoms with Gasteiger partial charge in [0.25, 0.3) is 0 Å². The molecule has 2 rings (SSSR count). The Kier molecular flexibility index (Phi) is 3.70. The van der Waals surface area contributed by atoms with Gasteiger partial charge in [0, 0.05) is 23.0 Å². The molecule has 1 aliphatic rings. The van der Waals surface area contributed by atoms with Crippen LogP contribution in [0.4, 0.5) is 0 Å². The lowest BCUT2D eigenvalue weighted by atomic mass is 9.84. The van der Waals surface area contributed by atoms with Gasteiger partial charge in [-0.05, 0) is 38.7 Å². The largest absolute Gasteiger partial charge is 0.345 e. The molecule has 0 N–H and O–H groups in total. The summed E-state index contributed by atoms with van der Waals surface area (Å²) in [6.45, 7) is 6.49. The predicted octanol–water partition coefficient (Wildman–Crippen LogP) is 4.06. The lowest BCUT2D eigenvalue weighted by molar-refractivity contribution is 0.112. The van der Waals surface area contributed by atoms with E-state index in [1.165, 1.54) is 37.8 Å². The average Bonchev–Trinajstić information content (AvgIpc) is 2.64. The first-order chi connectivity index (χ1) is 8.17. The van der Waals surface area contributed by atoms with Crippen LogP contribution >= 0.6 is 0 Å².